The van der Waals surface area contributed by atoms with Gasteiger partial charge >= 0.3 is 11.9 Å². The number of nitrogens with two attached hydrogens (primary N) is 1. The number of nitrogen functional groups attached to an aromatic ring is 1. The van der Waals surface area contributed by atoms with Crippen LogP contribution >= 0.6 is 0 Å². The molecule has 0 unspecified atom stereocenters. The molecule has 4 rings (SSSR count). The zero-order chi connectivity index (χ0) is 34.1. The zero-order valence-corrected chi connectivity index (χ0v) is 27.1. The molecule has 258 valence electrons. The third-order valence-corrected chi connectivity index (χ3v) is 7.70. The first-order valence-electron chi connectivity index (χ1n) is 16.1. The van der Waals surface area contributed by atoms with Crippen LogP contribution < -0.4 is 11.1 Å². The van der Waals surface area contributed by atoms with Gasteiger partial charge in [0.25, 0.3) is 0 Å². The van der Waals surface area contributed by atoms with Crippen molar-refractivity contribution in [2.75, 3.05) is 44.0 Å². The first-order chi connectivity index (χ1) is 22.6. The Morgan fingerprint density at radius 2 is 1.45 bits per heavy atom. The van der Waals surface area contributed by atoms with Gasteiger partial charge in [0.15, 0.2) is 5.79 Å². The van der Waals surface area contributed by atoms with Crippen molar-refractivity contribution in [2.45, 2.75) is 83.0 Å². The highest BCUT2D eigenvalue weighted by Crippen LogP contribution is 2.41. The van der Waals surface area contributed by atoms with Crippen molar-refractivity contribution in [3.8, 4) is 0 Å². The number of hydrogen-bond donors (Lipinski definition) is 3. The van der Waals surface area contributed by atoms with E-state index in [0.717, 1.165) is 44.1 Å². The second kappa shape index (κ2) is 19.0. The third kappa shape index (κ3) is 13.0. The van der Waals surface area contributed by atoms with Gasteiger partial charge in [0, 0.05) is 43.7 Å². The van der Waals surface area contributed by atoms with Gasteiger partial charge in [-0.2, -0.15) is 0 Å². The van der Waals surface area contributed by atoms with Crippen LogP contribution in [0.4, 0.5) is 20.2 Å². The van der Waals surface area contributed by atoms with E-state index in [4.69, 9.17) is 24.7 Å². The second-order valence-corrected chi connectivity index (χ2v) is 11.4. The van der Waals surface area contributed by atoms with Crippen molar-refractivity contribution >= 4 is 35.5 Å². The minimum atomic E-state index is -0.812. The maximum atomic E-state index is 13.7. The number of ether oxygens (including phenoxy) is 4. The molecule has 47 heavy (non-hydrogen) atoms. The molecule has 2 aromatic heterocycles. The van der Waals surface area contributed by atoms with Crippen molar-refractivity contribution < 1.29 is 42.4 Å². The number of aliphatic hydroxyl groups is 1. The molecule has 0 aromatic carbocycles. The standard InChI is InChI=1S/C22H31FN2O5.C12H15FN2O2/c1-2-3-12-28-20(26)5-4-18-19(15-17(23)16-25-18)24-11-10-21(27)6-8-22(9-7-21)29-13-14-30-22;1-2-3-6-17-12(16)5-4-11-10(14)7-9(13)8-15-11/h4-5,15-16,24,27H,2-3,6-14H2,1H3;4-5,7-8H,2-3,6,14H2,1H3/b2*5-4+. The summed E-state index contributed by atoms with van der Waals surface area (Å²) in [7, 11) is 0. The summed E-state index contributed by atoms with van der Waals surface area (Å²) >= 11 is 0. The molecule has 13 heteroatoms. The lowest BCUT2D eigenvalue weighted by Crippen LogP contribution is -2.44. The minimum Gasteiger partial charge on any atom is -0.463 e. The van der Waals surface area contributed by atoms with Crippen LogP contribution in [0.25, 0.3) is 12.2 Å². The molecule has 1 aliphatic heterocycles. The van der Waals surface area contributed by atoms with Crippen LogP contribution in [0.5, 0.6) is 0 Å². The molecule has 1 saturated carbocycles. The molecule has 2 fully saturated rings. The Morgan fingerprint density at radius 3 is 2.00 bits per heavy atom. The van der Waals surface area contributed by atoms with Crippen LogP contribution in [0.15, 0.2) is 36.7 Å². The van der Waals surface area contributed by atoms with Gasteiger partial charge in [-0.3, -0.25) is 9.97 Å². The van der Waals surface area contributed by atoms with Gasteiger partial charge in [0.1, 0.15) is 11.6 Å². The van der Waals surface area contributed by atoms with Crippen LogP contribution in [0.2, 0.25) is 0 Å². The van der Waals surface area contributed by atoms with E-state index in [1.54, 1.807) is 0 Å². The fourth-order valence-electron chi connectivity index (χ4n) is 4.92. The molecule has 0 radical (unpaired) electrons. The number of nitrogens with one attached hydrogen (secondary N) is 1. The Hall–Kier alpha value is -3.94. The van der Waals surface area contributed by atoms with Gasteiger partial charge in [-0.25, -0.2) is 18.4 Å². The lowest BCUT2D eigenvalue weighted by Gasteiger charge is -2.40. The number of anilines is 2. The summed E-state index contributed by atoms with van der Waals surface area (Å²) in [6.07, 6.45) is 14.1. The Morgan fingerprint density at radius 1 is 0.915 bits per heavy atom. The first-order valence-corrected chi connectivity index (χ1v) is 16.1. The zero-order valence-electron chi connectivity index (χ0n) is 27.1. The fraction of sp³-hybridized carbons (Fsp3) is 0.529. The quantitative estimate of drug-likeness (QED) is 0.132. The van der Waals surface area contributed by atoms with Crippen LogP contribution in [-0.4, -0.2) is 71.4 Å². The van der Waals surface area contributed by atoms with Gasteiger partial charge in [-0.1, -0.05) is 26.7 Å². The average molecular weight is 661 g/mol. The van der Waals surface area contributed by atoms with Gasteiger partial charge in [-0.05, 0) is 44.3 Å². The van der Waals surface area contributed by atoms with Gasteiger partial charge in [0.05, 0.1) is 67.2 Å². The summed E-state index contributed by atoms with van der Waals surface area (Å²) in [5, 5.41) is 14.0. The molecule has 1 spiro atoms. The Labute approximate surface area is 274 Å². The lowest BCUT2D eigenvalue weighted by atomic mass is 9.79. The molecule has 3 heterocycles. The van der Waals surface area contributed by atoms with Crippen LogP contribution in [-0.2, 0) is 28.5 Å². The topological polar surface area (TPSA) is 155 Å². The monoisotopic (exact) mass is 660 g/mol. The van der Waals surface area contributed by atoms with E-state index < -0.39 is 35.0 Å². The van der Waals surface area contributed by atoms with E-state index >= 15 is 0 Å². The third-order valence-electron chi connectivity index (χ3n) is 7.70. The Kier molecular flexibility index (Phi) is 15.2. The van der Waals surface area contributed by atoms with E-state index in [9.17, 15) is 23.5 Å². The Balaban J connectivity index is 0.000000300. The van der Waals surface area contributed by atoms with Crippen molar-refractivity contribution in [3.05, 3.63) is 59.7 Å². The number of rotatable bonds is 14. The van der Waals surface area contributed by atoms with Crippen molar-refractivity contribution in [1.29, 1.82) is 0 Å². The number of nitrogens with zero attached hydrogens (tertiary/aromatic N) is 2. The SMILES string of the molecule is CCCCOC(=O)/C=C/c1ncc(F)cc1N.CCCCOC(=O)/C=C/c1ncc(F)cc1NCCC1(O)CCC2(CC1)OCCO2. The molecule has 0 bridgehead atoms. The molecular formula is C34H46F2N4O7. The molecule has 4 N–H and O–H groups in total. The maximum absolute atomic E-state index is 13.7. The van der Waals surface area contributed by atoms with Crippen molar-refractivity contribution in [1.82, 2.24) is 9.97 Å². The smallest absolute Gasteiger partial charge is 0.330 e. The summed E-state index contributed by atoms with van der Waals surface area (Å²) in [4.78, 5) is 30.8. The number of halogens is 2. The molecule has 1 saturated heterocycles. The van der Waals surface area contributed by atoms with Crippen LogP contribution in [0.1, 0.15) is 83.0 Å². The van der Waals surface area contributed by atoms with Crippen LogP contribution in [0.3, 0.4) is 0 Å². The van der Waals surface area contributed by atoms with Crippen molar-refractivity contribution in [2.24, 2.45) is 0 Å². The van der Waals surface area contributed by atoms with Crippen molar-refractivity contribution in [3.63, 3.8) is 0 Å². The number of unbranched alkanes of at least 4 members (excludes halogenated alkanes) is 2. The number of pyridine rings is 2. The first kappa shape index (κ1) is 37.5. The van der Waals surface area contributed by atoms with E-state index in [1.165, 1.54) is 30.4 Å². The maximum Gasteiger partial charge on any atom is 0.330 e. The van der Waals surface area contributed by atoms with E-state index in [-0.39, 0.29) is 5.69 Å². The highest BCUT2D eigenvalue weighted by molar-refractivity contribution is 5.88. The number of esters is 2. The number of carbonyl (C=O) groups excluding carboxylic acids is 2. The van der Waals surface area contributed by atoms with Crippen LogP contribution in [0, 0.1) is 11.6 Å². The highest BCUT2D eigenvalue weighted by atomic mass is 19.1. The summed E-state index contributed by atoms with van der Waals surface area (Å²) in [5.74, 6) is -2.42. The summed E-state index contributed by atoms with van der Waals surface area (Å²) < 4.78 is 47.8. The molecule has 11 nitrogen and oxygen atoms in total. The fourth-order valence-corrected chi connectivity index (χ4v) is 4.92. The second-order valence-electron chi connectivity index (χ2n) is 11.4. The van der Waals surface area contributed by atoms with E-state index in [0.29, 0.717) is 82.2 Å². The predicted octanol–water partition coefficient (Wildman–Crippen LogP) is 5.59. The largest absolute Gasteiger partial charge is 0.463 e. The number of hydrogen-bond acceptors (Lipinski definition) is 11. The van der Waals surface area contributed by atoms with E-state index in [1.807, 2.05) is 13.8 Å². The number of aromatic nitrogens is 2. The Bertz CT molecular complexity index is 1360. The molecule has 0 atom stereocenters. The highest BCUT2D eigenvalue weighted by Gasteiger charge is 2.45. The van der Waals surface area contributed by atoms with Gasteiger partial charge < -0.3 is 35.1 Å². The van der Waals surface area contributed by atoms with Gasteiger partial charge in [-0.15, -0.1) is 0 Å². The molecular weight excluding hydrogens is 614 g/mol. The number of carbonyl (C=O) groups is 2. The molecule has 2 aromatic rings. The average Bonchev–Trinajstić information content (AvgIpc) is 3.51. The minimum absolute atomic E-state index is 0.183. The molecule has 2 aliphatic rings. The predicted molar refractivity (Wildman–Crippen MR) is 174 cm³/mol. The molecule has 0 amide bonds. The normalized spacial score (nSPS) is 16.6. The summed E-state index contributed by atoms with van der Waals surface area (Å²) in [6.45, 7) is 6.45. The lowest BCUT2D eigenvalue weighted by molar-refractivity contribution is -0.202. The molecule has 1 aliphatic carbocycles. The van der Waals surface area contributed by atoms with E-state index in [2.05, 4.69) is 15.3 Å². The summed E-state index contributed by atoms with van der Waals surface area (Å²) in [6, 6.07) is 2.48. The van der Waals surface area contributed by atoms with Gasteiger partial charge in [0.2, 0.25) is 0 Å². The summed E-state index contributed by atoms with van der Waals surface area (Å²) in [5.41, 5.74) is 6.14.